The van der Waals surface area contributed by atoms with Crippen LogP contribution in [0.2, 0.25) is 0 Å². The van der Waals surface area contributed by atoms with E-state index in [0.717, 1.165) is 17.3 Å². The Morgan fingerprint density at radius 1 is 1.35 bits per heavy atom. The standard InChI is InChI=1S/C14H22N2O/c1-11-5-3-4-6-13(11)16(2)14-8-7-12(10-17)9-15-14/h7-9,11,13,17H,3-6,10H2,1-2H3. The van der Waals surface area contributed by atoms with Crippen molar-refractivity contribution in [3.63, 3.8) is 0 Å². The molecule has 1 aliphatic carbocycles. The number of hydrogen-bond acceptors (Lipinski definition) is 3. The lowest BCUT2D eigenvalue weighted by Gasteiger charge is -2.37. The van der Waals surface area contributed by atoms with Crippen LogP contribution in [0.4, 0.5) is 5.82 Å². The zero-order valence-corrected chi connectivity index (χ0v) is 10.8. The predicted octanol–water partition coefficient (Wildman–Crippen LogP) is 2.59. The highest BCUT2D eigenvalue weighted by atomic mass is 16.3. The van der Waals surface area contributed by atoms with Crippen LogP contribution in [0.25, 0.3) is 0 Å². The smallest absolute Gasteiger partial charge is 0.128 e. The Hall–Kier alpha value is -1.09. The molecule has 0 amide bonds. The van der Waals surface area contributed by atoms with Crippen molar-refractivity contribution in [2.45, 2.75) is 45.3 Å². The average Bonchev–Trinajstić information content (AvgIpc) is 2.39. The third-order valence-corrected chi connectivity index (χ3v) is 3.92. The van der Waals surface area contributed by atoms with Crippen LogP contribution >= 0.6 is 0 Å². The molecule has 2 atom stereocenters. The molecule has 3 nitrogen and oxygen atoms in total. The van der Waals surface area contributed by atoms with Crippen molar-refractivity contribution in [1.29, 1.82) is 0 Å². The molecule has 1 heterocycles. The number of aliphatic hydroxyl groups excluding tert-OH is 1. The maximum atomic E-state index is 9.00. The summed E-state index contributed by atoms with van der Waals surface area (Å²) < 4.78 is 0. The number of aromatic nitrogens is 1. The van der Waals surface area contributed by atoms with Gasteiger partial charge in [0.1, 0.15) is 5.82 Å². The molecule has 1 aliphatic rings. The van der Waals surface area contributed by atoms with Gasteiger partial charge < -0.3 is 10.0 Å². The first-order chi connectivity index (χ1) is 8.22. The predicted molar refractivity (Wildman–Crippen MR) is 70.0 cm³/mol. The van der Waals surface area contributed by atoms with Gasteiger partial charge in [0.2, 0.25) is 0 Å². The fourth-order valence-electron chi connectivity index (χ4n) is 2.76. The summed E-state index contributed by atoms with van der Waals surface area (Å²) >= 11 is 0. The summed E-state index contributed by atoms with van der Waals surface area (Å²) in [5.74, 6) is 1.76. The van der Waals surface area contributed by atoms with Crippen molar-refractivity contribution in [3.05, 3.63) is 23.9 Å². The van der Waals surface area contributed by atoms with Crippen molar-refractivity contribution >= 4 is 5.82 Å². The molecule has 94 valence electrons. The number of aliphatic hydroxyl groups is 1. The van der Waals surface area contributed by atoms with Crippen molar-refractivity contribution < 1.29 is 5.11 Å². The van der Waals surface area contributed by atoms with Crippen LogP contribution < -0.4 is 4.90 Å². The van der Waals surface area contributed by atoms with Gasteiger partial charge >= 0.3 is 0 Å². The van der Waals surface area contributed by atoms with E-state index in [0.29, 0.717) is 6.04 Å². The van der Waals surface area contributed by atoms with Gasteiger partial charge in [0, 0.05) is 19.3 Å². The van der Waals surface area contributed by atoms with Crippen LogP contribution in [-0.4, -0.2) is 23.2 Å². The van der Waals surface area contributed by atoms with Crippen molar-refractivity contribution in [2.24, 2.45) is 5.92 Å². The fourth-order valence-corrected chi connectivity index (χ4v) is 2.76. The molecule has 3 heteroatoms. The summed E-state index contributed by atoms with van der Waals surface area (Å²) in [6, 6.07) is 4.57. The maximum Gasteiger partial charge on any atom is 0.128 e. The minimum absolute atomic E-state index is 0.0663. The summed E-state index contributed by atoms with van der Waals surface area (Å²) in [6.07, 6.45) is 7.04. The highest BCUT2D eigenvalue weighted by Crippen LogP contribution is 2.29. The molecule has 1 aromatic heterocycles. The van der Waals surface area contributed by atoms with Crippen molar-refractivity contribution in [3.8, 4) is 0 Å². The van der Waals surface area contributed by atoms with Gasteiger partial charge in [0.15, 0.2) is 0 Å². The van der Waals surface area contributed by atoms with Crippen molar-refractivity contribution in [1.82, 2.24) is 4.98 Å². The molecular weight excluding hydrogens is 212 g/mol. The van der Waals surface area contributed by atoms with E-state index in [4.69, 9.17) is 5.11 Å². The van der Waals surface area contributed by atoms with E-state index in [1.54, 1.807) is 6.20 Å². The van der Waals surface area contributed by atoms with Crippen LogP contribution in [-0.2, 0) is 6.61 Å². The lowest BCUT2D eigenvalue weighted by Crippen LogP contribution is -2.39. The highest BCUT2D eigenvalue weighted by molar-refractivity contribution is 5.39. The molecule has 0 spiro atoms. The van der Waals surface area contributed by atoms with Crippen LogP contribution in [0.5, 0.6) is 0 Å². The first-order valence-corrected chi connectivity index (χ1v) is 6.51. The maximum absolute atomic E-state index is 9.00. The monoisotopic (exact) mass is 234 g/mol. The van der Waals surface area contributed by atoms with E-state index < -0.39 is 0 Å². The van der Waals surface area contributed by atoms with E-state index in [-0.39, 0.29) is 6.61 Å². The molecule has 0 bridgehead atoms. The average molecular weight is 234 g/mol. The van der Waals surface area contributed by atoms with E-state index in [9.17, 15) is 0 Å². The second kappa shape index (κ2) is 5.50. The second-order valence-corrected chi connectivity index (χ2v) is 5.12. The van der Waals surface area contributed by atoms with Crippen LogP contribution in [0.15, 0.2) is 18.3 Å². The molecule has 0 saturated heterocycles. The molecule has 2 unspecified atom stereocenters. The summed E-state index contributed by atoms with van der Waals surface area (Å²) in [5.41, 5.74) is 0.874. The molecule has 1 N–H and O–H groups in total. The zero-order chi connectivity index (χ0) is 12.3. The Balaban J connectivity index is 2.09. The van der Waals surface area contributed by atoms with E-state index >= 15 is 0 Å². The first-order valence-electron chi connectivity index (χ1n) is 6.51. The van der Waals surface area contributed by atoms with Crippen LogP contribution in [0, 0.1) is 5.92 Å². The van der Waals surface area contributed by atoms with Crippen molar-refractivity contribution in [2.75, 3.05) is 11.9 Å². The number of nitrogens with zero attached hydrogens (tertiary/aromatic N) is 2. The molecule has 0 radical (unpaired) electrons. The van der Waals surface area contributed by atoms with Crippen LogP contribution in [0.3, 0.4) is 0 Å². The van der Waals surface area contributed by atoms with Gasteiger partial charge in [-0.1, -0.05) is 25.8 Å². The SMILES string of the molecule is CC1CCCCC1N(C)c1ccc(CO)cn1. The zero-order valence-electron chi connectivity index (χ0n) is 10.8. The van der Waals surface area contributed by atoms with Gasteiger partial charge in [0.05, 0.1) is 6.61 Å². The molecule has 2 rings (SSSR count). The topological polar surface area (TPSA) is 36.4 Å². The second-order valence-electron chi connectivity index (χ2n) is 5.12. The largest absolute Gasteiger partial charge is 0.392 e. The summed E-state index contributed by atoms with van der Waals surface area (Å²) in [6.45, 7) is 2.40. The normalized spacial score (nSPS) is 24.6. The third-order valence-electron chi connectivity index (χ3n) is 3.92. The highest BCUT2D eigenvalue weighted by Gasteiger charge is 2.25. The quantitative estimate of drug-likeness (QED) is 0.873. The Labute approximate surface area is 103 Å². The fraction of sp³-hybridized carbons (Fsp3) is 0.643. The van der Waals surface area contributed by atoms with Gasteiger partial charge in [-0.3, -0.25) is 0 Å². The number of anilines is 1. The molecule has 1 aromatic rings. The van der Waals surface area contributed by atoms with E-state index in [1.807, 2.05) is 12.1 Å². The molecule has 1 saturated carbocycles. The summed E-state index contributed by atoms with van der Waals surface area (Å²) in [7, 11) is 2.13. The Kier molecular flexibility index (Phi) is 4.00. The molecule has 0 aliphatic heterocycles. The number of pyridine rings is 1. The van der Waals surface area contributed by atoms with E-state index in [2.05, 4.69) is 23.9 Å². The molecule has 0 aromatic carbocycles. The van der Waals surface area contributed by atoms with Gasteiger partial charge in [0.25, 0.3) is 0 Å². The Bertz CT molecular complexity index is 350. The summed E-state index contributed by atoms with van der Waals surface area (Å²) in [5, 5.41) is 9.00. The Morgan fingerprint density at radius 3 is 2.71 bits per heavy atom. The summed E-state index contributed by atoms with van der Waals surface area (Å²) in [4.78, 5) is 6.72. The van der Waals surface area contributed by atoms with Gasteiger partial charge in [-0.2, -0.15) is 0 Å². The molecule has 17 heavy (non-hydrogen) atoms. The number of hydrogen-bond donors (Lipinski definition) is 1. The minimum Gasteiger partial charge on any atom is -0.392 e. The first kappa shape index (κ1) is 12.4. The molecule has 1 fully saturated rings. The van der Waals surface area contributed by atoms with Crippen LogP contribution in [0.1, 0.15) is 38.2 Å². The number of rotatable bonds is 3. The lowest BCUT2D eigenvalue weighted by molar-refractivity contribution is 0.281. The lowest BCUT2D eigenvalue weighted by atomic mass is 9.85. The van der Waals surface area contributed by atoms with Gasteiger partial charge in [-0.15, -0.1) is 0 Å². The third kappa shape index (κ3) is 2.78. The minimum atomic E-state index is 0.0663. The molecular formula is C14H22N2O. The van der Waals surface area contributed by atoms with E-state index in [1.165, 1.54) is 25.7 Å². The van der Waals surface area contributed by atoms with Gasteiger partial charge in [-0.25, -0.2) is 4.98 Å². The van der Waals surface area contributed by atoms with Gasteiger partial charge in [-0.05, 0) is 30.4 Å². The Morgan fingerprint density at radius 2 is 2.12 bits per heavy atom.